The summed E-state index contributed by atoms with van der Waals surface area (Å²) in [5.41, 5.74) is 0.459. The second-order valence-electron chi connectivity index (χ2n) is 3.92. The Morgan fingerprint density at radius 1 is 1.56 bits per heavy atom. The fourth-order valence-electron chi connectivity index (χ4n) is 1.84. The first-order chi connectivity index (χ1) is 8.72. The summed E-state index contributed by atoms with van der Waals surface area (Å²) in [7, 11) is 0. The first-order valence-electron chi connectivity index (χ1n) is 5.67. The van der Waals surface area contributed by atoms with Gasteiger partial charge in [0.05, 0.1) is 5.69 Å². The highest BCUT2D eigenvalue weighted by molar-refractivity contribution is 5.76. The third-order valence-electron chi connectivity index (χ3n) is 2.77. The van der Waals surface area contributed by atoms with Crippen LogP contribution in [0, 0.1) is 17.1 Å². The van der Waals surface area contributed by atoms with Crippen molar-refractivity contribution in [2.45, 2.75) is 0 Å². The Kier molecular flexibility index (Phi) is 3.63. The van der Waals surface area contributed by atoms with E-state index in [1.165, 1.54) is 6.07 Å². The number of rotatable bonds is 4. The molecule has 0 atom stereocenters. The van der Waals surface area contributed by atoms with Crippen molar-refractivity contribution >= 4 is 11.7 Å². The third kappa shape index (κ3) is 2.51. The maximum atomic E-state index is 13.3. The van der Waals surface area contributed by atoms with Gasteiger partial charge in [0.15, 0.2) is 0 Å². The molecule has 1 aromatic carbocycles. The fraction of sp³-hybridized carbons (Fsp3) is 0.333. The molecule has 18 heavy (non-hydrogen) atoms. The number of carbonyl (C=O) groups excluding carboxylic acids is 1. The molecule has 1 aliphatic heterocycles. The Morgan fingerprint density at radius 2 is 2.39 bits per heavy atom. The van der Waals surface area contributed by atoms with Crippen LogP contribution in [0.4, 0.5) is 14.9 Å². The first kappa shape index (κ1) is 12.2. The molecule has 1 fully saturated rings. The van der Waals surface area contributed by atoms with Gasteiger partial charge in [-0.05, 0) is 12.1 Å². The minimum Gasteiger partial charge on any atom is -0.382 e. The van der Waals surface area contributed by atoms with E-state index in [0.29, 0.717) is 31.9 Å². The van der Waals surface area contributed by atoms with Crippen LogP contribution in [0.1, 0.15) is 5.56 Å². The lowest BCUT2D eigenvalue weighted by Gasteiger charge is -2.15. The minimum absolute atomic E-state index is 0.00312. The first-order valence-corrected chi connectivity index (χ1v) is 5.67. The average molecular weight is 248 g/mol. The summed E-state index contributed by atoms with van der Waals surface area (Å²) in [6, 6.07) is 6.17. The molecule has 1 aromatic rings. The van der Waals surface area contributed by atoms with Crippen LogP contribution in [0.25, 0.3) is 0 Å². The molecule has 5 nitrogen and oxygen atoms in total. The number of nitriles is 1. The van der Waals surface area contributed by atoms with Crippen molar-refractivity contribution in [3.8, 4) is 6.07 Å². The van der Waals surface area contributed by atoms with E-state index in [0.717, 1.165) is 0 Å². The summed E-state index contributed by atoms with van der Waals surface area (Å²) >= 11 is 0. The molecule has 0 spiro atoms. The molecule has 0 aromatic heterocycles. The zero-order valence-corrected chi connectivity index (χ0v) is 9.74. The Morgan fingerprint density at radius 3 is 3.06 bits per heavy atom. The molecular weight excluding hydrogens is 235 g/mol. The molecule has 6 heteroatoms. The Balaban J connectivity index is 1.93. The number of nitrogens with one attached hydrogen (secondary N) is 2. The highest BCUT2D eigenvalue weighted by Crippen LogP contribution is 2.17. The normalized spacial score (nSPS) is 14.2. The number of benzene rings is 1. The lowest BCUT2D eigenvalue weighted by Crippen LogP contribution is -2.32. The van der Waals surface area contributed by atoms with E-state index < -0.39 is 5.82 Å². The van der Waals surface area contributed by atoms with Crippen molar-refractivity contribution in [1.82, 2.24) is 10.2 Å². The smallest absolute Gasteiger partial charge is 0.317 e. The number of hydrogen-bond acceptors (Lipinski definition) is 3. The maximum Gasteiger partial charge on any atom is 0.317 e. The van der Waals surface area contributed by atoms with Crippen molar-refractivity contribution in [1.29, 1.82) is 5.26 Å². The van der Waals surface area contributed by atoms with Gasteiger partial charge in [-0.3, -0.25) is 0 Å². The van der Waals surface area contributed by atoms with E-state index in [9.17, 15) is 9.18 Å². The van der Waals surface area contributed by atoms with Crippen molar-refractivity contribution in [3.63, 3.8) is 0 Å². The molecule has 0 radical (unpaired) electrons. The van der Waals surface area contributed by atoms with Crippen molar-refractivity contribution in [2.24, 2.45) is 0 Å². The van der Waals surface area contributed by atoms with Crippen LogP contribution in [0.2, 0.25) is 0 Å². The molecule has 0 bridgehead atoms. The summed E-state index contributed by atoms with van der Waals surface area (Å²) in [5, 5.41) is 14.5. The van der Waals surface area contributed by atoms with E-state index in [-0.39, 0.29) is 11.6 Å². The monoisotopic (exact) mass is 248 g/mol. The number of urea groups is 1. The summed E-state index contributed by atoms with van der Waals surface area (Å²) in [4.78, 5) is 12.9. The predicted molar refractivity (Wildman–Crippen MR) is 64.6 cm³/mol. The number of halogens is 1. The van der Waals surface area contributed by atoms with Crippen LogP contribution in [-0.2, 0) is 0 Å². The minimum atomic E-state index is -0.540. The molecule has 1 heterocycles. The van der Waals surface area contributed by atoms with Crippen LogP contribution < -0.4 is 10.6 Å². The van der Waals surface area contributed by atoms with Gasteiger partial charge >= 0.3 is 6.03 Å². The highest BCUT2D eigenvalue weighted by atomic mass is 19.1. The van der Waals surface area contributed by atoms with Gasteiger partial charge in [0, 0.05) is 26.2 Å². The van der Waals surface area contributed by atoms with Crippen molar-refractivity contribution < 1.29 is 9.18 Å². The summed E-state index contributed by atoms with van der Waals surface area (Å²) in [6.07, 6.45) is 0. The lowest BCUT2D eigenvalue weighted by molar-refractivity contribution is 0.219. The van der Waals surface area contributed by atoms with E-state index in [4.69, 9.17) is 5.26 Å². The zero-order chi connectivity index (χ0) is 13.0. The second kappa shape index (κ2) is 5.36. The van der Waals surface area contributed by atoms with Crippen molar-refractivity contribution in [2.75, 3.05) is 31.5 Å². The zero-order valence-electron chi connectivity index (χ0n) is 9.74. The van der Waals surface area contributed by atoms with Crippen LogP contribution in [0.5, 0.6) is 0 Å². The van der Waals surface area contributed by atoms with E-state index in [2.05, 4.69) is 10.6 Å². The molecule has 1 aliphatic rings. The SMILES string of the molecule is N#Cc1c(F)cccc1NCCN1CCNC1=O. The second-order valence-corrected chi connectivity index (χ2v) is 3.92. The van der Waals surface area contributed by atoms with Gasteiger partial charge in [-0.15, -0.1) is 0 Å². The van der Waals surface area contributed by atoms with E-state index >= 15 is 0 Å². The maximum absolute atomic E-state index is 13.3. The Hall–Kier alpha value is -2.29. The number of carbonyl (C=O) groups is 1. The van der Waals surface area contributed by atoms with Gasteiger partial charge in [0.1, 0.15) is 17.4 Å². The standard InChI is InChI=1S/C12H13FN4O/c13-10-2-1-3-11(9(10)8-14)15-4-6-17-7-5-16-12(17)18/h1-3,15H,4-7H2,(H,16,18). The predicted octanol–water partition coefficient (Wildman–Crippen LogP) is 1.13. The average Bonchev–Trinajstić information content (AvgIpc) is 2.75. The summed E-state index contributed by atoms with van der Waals surface area (Å²) in [5.74, 6) is -0.540. The van der Waals surface area contributed by atoms with Crippen LogP contribution >= 0.6 is 0 Å². The van der Waals surface area contributed by atoms with Gasteiger partial charge in [-0.2, -0.15) is 5.26 Å². The highest BCUT2D eigenvalue weighted by Gasteiger charge is 2.18. The molecule has 2 amide bonds. The number of amides is 2. The summed E-state index contributed by atoms with van der Waals surface area (Å²) < 4.78 is 13.3. The molecule has 1 saturated heterocycles. The molecule has 0 unspecified atom stereocenters. The van der Waals surface area contributed by atoms with Gasteiger partial charge in [0.2, 0.25) is 0 Å². The topological polar surface area (TPSA) is 68.2 Å². The van der Waals surface area contributed by atoms with E-state index in [1.54, 1.807) is 17.0 Å². The van der Waals surface area contributed by atoms with Gasteiger partial charge in [-0.1, -0.05) is 6.07 Å². The van der Waals surface area contributed by atoms with Gasteiger partial charge in [-0.25, -0.2) is 9.18 Å². The van der Waals surface area contributed by atoms with Crippen LogP contribution in [0.3, 0.4) is 0 Å². The number of anilines is 1. The molecule has 94 valence electrons. The van der Waals surface area contributed by atoms with E-state index in [1.807, 2.05) is 6.07 Å². The molecule has 2 rings (SSSR count). The Bertz CT molecular complexity index is 497. The van der Waals surface area contributed by atoms with Crippen LogP contribution in [0.15, 0.2) is 18.2 Å². The quantitative estimate of drug-likeness (QED) is 0.839. The number of hydrogen-bond donors (Lipinski definition) is 2. The lowest BCUT2D eigenvalue weighted by atomic mass is 10.2. The van der Waals surface area contributed by atoms with Gasteiger partial charge in [0.25, 0.3) is 0 Å². The Labute approximate surface area is 104 Å². The van der Waals surface area contributed by atoms with Crippen molar-refractivity contribution in [3.05, 3.63) is 29.6 Å². The largest absolute Gasteiger partial charge is 0.382 e. The molecular formula is C12H13FN4O. The third-order valence-corrected chi connectivity index (χ3v) is 2.77. The van der Waals surface area contributed by atoms with Gasteiger partial charge < -0.3 is 15.5 Å². The number of nitrogens with zero attached hydrogens (tertiary/aromatic N) is 2. The summed E-state index contributed by atoms with van der Waals surface area (Å²) in [6.45, 7) is 2.33. The molecule has 0 saturated carbocycles. The fourth-order valence-corrected chi connectivity index (χ4v) is 1.84. The molecule has 0 aliphatic carbocycles. The van der Waals surface area contributed by atoms with Crippen LogP contribution in [-0.4, -0.2) is 37.1 Å². The molecule has 2 N–H and O–H groups in total.